The van der Waals surface area contributed by atoms with Crippen LogP contribution in [0.2, 0.25) is 19.6 Å². The molecule has 0 aliphatic carbocycles. The molecule has 1 heterocycles. The lowest BCUT2D eigenvalue weighted by molar-refractivity contribution is 0.564. The van der Waals surface area contributed by atoms with E-state index in [4.69, 9.17) is 4.42 Å². The van der Waals surface area contributed by atoms with Crippen LogP contribution < -0.4 is 10.8 Å². The van der Waals surface area contributed by atoms with Crippen LogP contribution in [-0.2, 0) is 0 Å². The largest absolute Gasteiger partial charge is 0.422 e. The van der Waals surface area contributed by atoms with Gasteiger partial charge in [-0.1, -0.05) is 68.2 Å². The van der Waals surface area contributed by atoms with Crippen LogP contribution in [0.15, 0.2) is 63.8 Å². The average Bonchev–Trinajstić information content (AvgIpc) is 2.45. The molecule has 106 valence electrons. The minimum absolute atomic E-state index is 0.239. The van der Waals surface area contributed by atoms with Gasteiger partial charge in [-0.25, -0.2) is 4.79 Å². The average molecular weight is 294 g/mol. The fourth-order valence-corrected chi connectivity index (χ4v) is 4.81. The molecule has 3 rings (SSSR count). The zero-order valence-electron chi connectivity index (χ0n) is 12.5. The van der Waals surface area contributed by atoms with E-state index in [1.165, 1.54) is 5.19 Å². The van der Waals surface area contributed by atoms with Crippen LogP contribution in [0.4, 0.5) is 0 Å². The Kier molecular flexibility index (Phi) is 3.30. The first-order valence-corrected chi connectivity index (χ1v) is 10.6. The second kappa shape index (κ2) is 5.01. The third-order valence-electron chi connectivity index (χ3n) is 3.63. The van der Waals surface area contributed by atoms with Crippen molar-refractivity contribution < 1.29 is 4.42 Å². The molecule has 1 aromatic heterocycles. The SMILES string of the molecule is C[Si](C)(C)c1c(-c2ccccc2)c(=O)oc2ccccc12. The van der Waals surface area contributed by atoms with E-state index in [1.807, 2.05) is 48.5 Å². The molecule has 0 aliphatic rings. The van der Waals surface area contributed by atoms with Crippen LogP contribution >= 0.6 is 0 Å². The molecule has 0 bridgehead atoms. The number of hydrogen-bond donors (Lipinski definition) is 0. The second-order valence-electron chi connectivity index (χ2n) is 6.25. The molecule has 3 heteroatoms. The lowest BCUT2D eigenvalue weighted by Crippen LogP contribution is -2.42. The van der Waals surface area contributed by atoms with E-state index in [1.54, 1.807) is 0 Å². The van der Waals surface area contributed by atoms with Crippen LogP contribution in [0.1, 0.15) is 0 Å². The lowest BCUT2D eigenvalue weighted by atomic mass is 10.1. The van der Waals surface area contributed by atoms with Crippen LogP contribution in [0, 0.1) is 0 Å². The summed E-state index contributed by atoms with van der Waals surface area (Å²) >= 11 is 0. The maximum Gasteiger partial charge on any atom is 0.344 e. The van der Waals surface area contributed by atoms with Gasteiger partial charge in [-0.3, -0.25) is 0 Å². The maximum atomic E-state index is 12.6. The molecular formula is C18H18O2Si. The van der Waals surface area contributed by atoms with E-state index < -0.39 is 8.07 Å². The van der Waals surface area contributed by atoms with Gasteiger partial charge in [0.15, 0.2) is 0 Å². The Morgan fingerprint density at radius 1 is 0.857 bits per heavy atom. The molecule has 0 N–H and O–H groups in total. The van der Waals surface area contributed by atoms with Crippen molar-refractivity contribution in [2.45, 2.75) is 19.6 Å². The topological polar surface area (TPSA) is 30.2 Å². The molecular weight excluding hydrogens is 276 g/mol. The summed E-state index contributed by atoms with van der Waals surface area (Å²) in [5.74, 6) is 0. The van der Waals surface area contributed by atoms with E-state index in [-0.39, 0.29) is 5.63 Å². The highest BCUT2D eigenvalue weighted by molar-refractivity contribution is 6.91. The molecule has 0 atom stereocenters. The van der Waals surface area contributed by atoms with E-state index >= 15 is 0 Å². The molecule has 0 radical (unpaired) electrons. The Balaban J connectivity index is 2.50. The third kappa shape index (κ3) is 2.45. The van der Waals surface area contributed by atoms with Crippen LogP contribution in [0.3, 0.4) is 0 Å². The number of benzene rings is 2. The standard InChI is InChI=1S/C18H18O2Si/c1-21(2,3)17-14-11-7-8-12-15(14)20-18(19)16(17)13-9-5-4-6-10-13/h4-12H,1-3H3. The van der Waals surface area contributed by atoms with Crippen molar-refractivity contribution in [2.24, 2.45) is 0 Å². The number of rotatable bonds is 2. The minimum atomic E-state index is -1.72. The summed E-state index contributed by atoms with van der Waals surface area (Å²) in [6, 6.07) is 17.7. The van der Waals surface area contributed by atoms with Gasteiger partial charge in [-0.2, -0.15) is 0 Å². The number of para-hydroxylation sites is 1. The van der Waals surface area contributed by atoms with Gasteiger partial charge >= 0.3 is 5.63 Å². The van der Waals surface area contributed by atoms with Gasteiger partial charge in [0.2, 0.25) is 0 Å². The van der Waals surface area contributed by atoms with Crippen molar-refractivity contribution in [2.75, 3.05) is 0 Å². The van der Waals surface area contributed by atoms with Crippen molar-refractivity contribution in [3.63, 3.8) is 0 Å². The summed E-state index contributed by atoms with van der Waals surface area (Å²) in [4.78, 5) is 12.6. The van der Waals surface area contributed by atoms with Gasteiger partial charge in [0.25, 0.3) is 0 Å². The molecule has 2 nitrogen and oxygen atoms in total. The molecule has 0 saturated heterocycles. The van der Waals surface area contributed by atoms with E-state index in [9.17, 15) is 4.79 Å². The third-order valence-corrected chi connectivity index (χ3v) is 5.64. The molecule has 0 amide bonds. The summed E-state index contributed by atoms with van der Waals surface area (Å²) in [6.07, 6.45) is 0. The molecule has 0 aliphatic heterocycles. The fraction of sp³-hybridized carbons (Fsp3) is 0.167. The first-order valence-electron chi connectivity index (χ1n) is 7.10. The predicted octanol–water partition coefficient (Wildman–Crippen LogP) is 4.01. The number of hydrogen-bond acceptors (Lipinski definition) is 2. The summed E-state index contributed by atoms with van der Waals surface area (Å²) in [5.41, 5.74) is 2.11. The summed E-state index contributed by atoms with van der Waals surface area (Å²) < 4.78 is 5.55. The van der Waals surface area contributed by atoms with E-state index in [2.05, 4.69) is 25.7 Å². The second-order valence-corrected chi connectivity index (χ2v) is 11.3. The monoisotopic (exact) mass is 294 g/mol. The van der Waals surface area contributed by atoms with Crippen molar-refractivity contribution in [1.29, 1.82) is 0 Å². The maximum absolute atomic E-state index is 12.6. The Bertz CT molecular complexity index is 842. The highest BCUT2D eigenvalue weighted by atomic mass is 28.3. The first kappa shape index (κ1) is 13.8. The molecule has 3 aromatic rings. The highest BCUT2D eigenvalue weighted by Gasteiger charge is 2.26. The number of fused-ring (bicyclic) bond motifs is 1. The molecule has 0 fully saturated rings. The van der Waals surface area contributed by atoms with Gasteiger partial charge in [-0.05, 0) is 16.8 Å². The molecule has 0 saturated carbocycles. The van der Waals surface area contributed by atoms with Gasteiger partial charge < -0.3 is 4.42 Å². The Labute approximate surface area is 125 Å². The summed E-state index contributed by atoms with van der Waals surface area (Å²) in [6.45, 7) is 6.79. The summed E-state index contributed by atoms with van der Waals surface area (Å²) in [7, 11) is -1.72. The zero-order chi connectivity index (χ0) is 15.0. The Morgan fingerprint density at radius 2 is 1.48 bits per heavy atom. The fourth-order valence-electron chi connectivity index (χ4n) is 2.80. The van der Waals surface area contributed by atoms with Gasteiger partial charge in [0.05, 0.1) is 13.6 Å². The van der Waals surface area contributed by atoms with Crippen LogP contribution in [0.5, 0.6) is 0 Å². The zero-order valence-corrected chi connectivity index (χ0v) is 13.5. The molecule has 21 heavy (non-hydrogen) atoms. The van der Waals surface area contributed by atoms with E-state index in [0.717, 1.165) is 16.5 Å². The Morgan fingerprint density at radius 3 is 2.14 bits per heavy atom. The highest BCUT2D eigenvalue weighted by Crippen LogP contribution is 2.22. The van der Waals surface area contributed by atoms with Crippen molar-refractivity contribution in [3.8, 4) is 11.1 Å². The lowest BCUT2D eigenvalue weighted by Gasteiger charge is -2.22. The van der Waals surface area contributed by atoms with Crippen molar-refractivity contribution in [1.82, 2.24) is 0 Å². The van der Waals surface area contributed by atoms with Crippen LogP contribution in [0.25, 0.3) is 22.1 Å². The van der Waals surface area contributed by atoms with E-state index in [0.29, 0.717) is 5.58 Å². The predicted molar refractivity (Wildman–Crippen MR) is 90.9 cm³/mol. The smallest absolute Gasteiger partial charge is 0.344 e. The first-order chi connectivity index (χ1) is 9.98. The molecule has 2 aromatic carbocycles. The van der Waals surface area contributed by atoms with Crippen molar-refractivity contribution >= 4 is 24.2 Å². The van der Waals surface area contributed by atoms with Gasteiger partial charge in [-0.15, -0.1) is 0 Å². The quantitative estimate of drug-likeness (QED) is 0.528. The Hall–Kier alpha value is -2.13. The summed E-state index contributed by atoms with van der Waals surface area (Å²) in [5, 5.41) is 2.25. The van der Waals surface area contributed by atoms with Crippen molar-refractivity contribution in [3.05, 3.63) is 65.0 Å². The van der Waals surface area contributed by atoms with Gasteiger partial charge in [0, 0.05) is 5.39 Å². The molecule has 0 unspecified atom stereocenters. The minimum Gasteiger partial charge on any atom is -0.422 e. The normalized spacial score (nSPS) is 11.8. The molecule has 0 spiro atoms. The van der Waals surface area contributed by atoms with Crippen LogP contribution in [-0.4, -0.2) is 8.07 Å². The van der Waals surface area contributed by atoms with Gasteiger partial charge in [0.1, 0.15) is 5.58 Å².